The van der Waals surface area contributed by atoms with Gasteiger partial charge in [-0.2, -0.15) is 30.6 Å². The fourth-order valence-electron chi connectivity index (χ4n) is 3.13. The van der Waals surface area contributed by atoms with Crippen LogP contribution >= 0.6 is 0 Å². The van der Waals surface area contributed by atoms with Crippen LogP contribution in [0, 0.1) is 5.41 Å². The molecule has 29 heavy (non-hydrogen) atoms. The summed E-state index contributed by atoms with van der Waals surface area (Å²) in [5.41, 5.74) is 1.40. The number of benzene rings is 1. The molecule has 2 aromatic rings. The number of hydrogen-bond donors (Lipinski definition) is 1. The van der Waals surface area contributed by atoms with Gasteiger partial charge < -0.3 is 4.57 Å². The van der Waals surface area contributed by atoms with Gasteiger partial charge in [0.1, 0.15) is 6.04 Å². The third-order valence-corrected chi connectivity index (χ3v) is 6.13. The SMILES string of the molecule is CC(C)c1ccc2c([C@H](NS(=O)(=O)N(C)C)C(F)(F)F)cn(CC(C)(C)C)c2c1. The van der Waals surface area contributed by atoms with E-state index in [2.05, 4.69) is 0 Å². The van der Waals surface area contributed by atoms with Gasteiger partial charge in [-0.25, -0.2) is 0 Å². The molecule has 164 valence electrons. The molecule has 0 radical (unpaired) electrons. The molecule has 0 bridgehead atoms. The van der Waals surface area contributed by atoms with Crippen LogP contribution < -0.4 is 4.72 Å². The van der Waals surface area contributed by atoms with E-state index in [1.54, 1.807) is 16.7 Å². The highest BCUT2D eigenvalue weighted by atomic mass is 32.2. The zero-order chi connectivity index (χ0) is 22.4. The average molecular weight is 434 g/mol. The Hall–Kier alpha value is -1.58. The number of halogens is 3. The molecule has 0 aliphatic heterocycles. The molecule has 2 rings (SSSR count). The van der Waals surface area contributed by atoms with Gasteiger partial charge >= 0.3 is 6.18 Å². The van der Waals surface area contributed by atoms with E-state index in [9.17, 15) is 21.6 Å². The predicted molar refractivity (Wildman–Crippen MR) is 110 cm³/mol. The Morgan fingerprint density at radius 2 is 1.72 bits per heavy atom. The van der Waals surface area contributed by atoms with Crippen LogP contribution in [0.15, 0.2) is 24.4 Å². The fraction of sp³-hybridized carbons (Fsp3) is 0.600. The van der Waals surface area contributed by atoms with E-state index >= 15 is 0 Å². The van der Waals surface area contributed by atoms with Crippen molar-refractivity contribution < 1.29 is 21.6 Å². The van der Waals surface area contributed by atoms with E-state index in [0.29, 0.717) is 17.4 Å². The van der Waals surface area contributed by atoms with Crippen molar-refractivity contribution in [2.24, 2.45) is 5.41 Å². The van der Waals surface area contributed by atoms with Crippen LogP contribution in [-0.2, 0) is 16.8 Å². The number of rotatable bonds is 6. The van der Waals surface area contributed by atoms with Gasteiger partial charge in [-0.05, 0) is 23.0 Å². The maximum absolute atomic E-state index is 13.9. The molecule has 9 heteroatoms. The molecular formula is C20H30F3N3O2S. The Balaban J connectivity index is 2.74. The van der Waals surface area contributed by atoms with Crippen LogP contribution in [0.1, 0.15) is 57.7 Å². The van der Waals surface area contributed by atoms with Gasteiger partial charge in [0.25, 0.3) is 10.2 Å². The Morgan fingerprint density at radius 3 is 2.17 bits per heavy atom. The van der Waals surface area contributed by atoms with Gasteiger partial charge in [0.15, 0.2) is 0 Å². The molecule has 0 aliphatic rings. The Labute approximate surface area is 171 Å². The summed E-state index contributed by atoms with van der Waals surface area (Å²) in [5, 5.41) is 0.391. The zero-order valence-corrected chi connectivity index (χ0v) is 18.7. The number of alkyl halides is 3. The second-order valence-corrected chi connectivity index (χ2v) is 11.0. The first-order valence-electron chi connectivity index (χ1n) is 9.42. The van der Waals surface area contributed by atoms with Gasteiger partial charge in [-0.3, -0.25) is 0 Å². The van der Waals surface area contributed by atoms with Gasteiger partial charge in [-0.15, -0.1) is 0 Å². The molecule has 0 saturated heterocycles. The van der Waals surface area contributed by atoms with Crippen LogP contribution in [0.2, 0.25) is 0 Å². The Morgan fingerprint density at radius 1 is 1.14 bits per heavy atom. The standard InChI is InChI=1S/C20H30F3N3O2S/c1-13(2)14-8-9-15-16(11-26(17(15)10-14)12-19(3,4)5)18(20(21,22)23)24-29(27,28)25(6)7/h8-11,13,18,24H,12H2,1-7H3/t18-/m0/s1. The molecule has 0 unspecified atom stereocenters. The van der Waals surface area contributed by atoms with Crippen molar-refractivity contribution in [1.29, 1.82) is 0 Å². The van der Waals surface area contributed by atoms with E-state index in [1.165, 1.54) is 20.3 Å². The summed E-state index contributed by atoms with van der Waals surface area (Å²) in [7, 11) is -1.91. The van der Waals surface area contributed by atoms with Crippen molar-refractivity contribution in [3.8, 4) is 0 Å². The summed E-state index contributed by atoms with van der Waals surface area (Å²) in [6.07, 6.45) is -3.36. The fourth-order valence-corrected chi connectivity index (χ4v) is 3.90. The van der Waals surface area contributed by atoms with Crippen LogP contribution in [0.5, 0.6) is 0 Å². The number of nitrogens with one attached hydrogen (secondary N) is 1. The monoisotopic (exact) mass is 433 g/mol. The summed E-state index contributed by atoms with van der Waals surface area (Å²) < 4.78 is 70.5. The molecule has 1 aromatic carbocycles. The second kappa shape index (κ2) is 7.92. The van der Waals surface area contributed by atoms with E-state index in [1.807, 2.05) is 45.4 Å². The first kappa shape index (κ1) is 23.7. The van der Waals surface area contributed by atoms with Crippen molar-refractivity contribution in [3.05, 3.63) is 35.5 Å². The summed E-state index contributed by atoms with van der Waals surface area (Å²) >= 11 is 0. The number of hydrogen-bond acceptors (Lipinski definition) is 2. The quantitative estimate of drug-likeness (QED) is 0.711. The summed E-state index contributed by atoms with van der Waals surface area (Å²) in [5.74, 6) is 0.214. The highest BCUT2D eigenvalue weighted by Gasteiger charge is 2.45. The van der Waals surface area contributed by atoms with Gasteiger partial charge in [-0.1, -0.05) is 46.8 Å². The van der Waals surface area contributed by atoms with Crippen molar-refractivity contribution in [2.75, 3.05) is 14.1 Å². The third kappa shape index (κ3) is 5.52. The third-order valence-electron chi connectivity index (χ3n) is 4.63. The minimum absolute atomic E-state index is 0.0996. The predicted octanol–water partition coefficient (Wildman–Crippen LogP) is 4.81. The molecule has 0 spiro atoms. The van der Waals surface area contributed by atoms with E-state index in [0.717, 1.165) is 9.87 Å². The first-order valence-corrected chi connectivity index (χ1v) is 10.9. The number of nitrogens with zero attached hydrogens (tertiary/aromatic N) is 2. The van der Waals surface area contributed by atoms with Gasteiger partial charge in [0.2, 0.25) is 0 Å². The van der Waals surface area contributed by atoms with Crippen molar-refractivity contribution in [1.82, 2.24) is 13.6 Å². The van der Waals surface area contributed by atoms with Gasteiger partial charge in [0.05, 0.1) is 0 Å². The molecule has 0 aliphatic carbocycles. The van der Waals surface area contributed by atoms with Crippen molar-refractivity contribution in [3.63, 3.8) is 0 Å². The number of aromatic nitrogens is 1. The minimum atomic E-state index is -4.79. The molecular weight excluding hydrogens is 403 g/mol. The summed E-state index contributed by atoms with van der Waals surface area (Å²) in [6.45, 7) is 10.5. The van der Waals surface area contributed by atoms with Crippen molar-refractivity contribution >= 4 is 21.1 Å². The smallest absolute Gasteiger partial charge is 0.347 e. The van der Waals surface area contributed by atoms with Crippen LogP contribution in [0.3, 0.4) is 0 Å². The van der Waals surface area contributed by atoms with Crippen LogP contribution in [-0.4, -0.2) is 37.6 Å². The van der Waals surface area contributed by atoms with E-state index in [-0.39, 0.29) is 16.9 Å². The summed E-state index contributed by atoms with van der Waals surface area (Å²) in [6, 6.07) is 3.00. The highest BCUT2D eigenvalue weighted by molar-refractivity contribution is 7.87. The molecule has 0 amide bonds. The molecule has 5 nitrogen and oxygen atoms in total. The highest BCUT2D eigenvalue weighted by Crippen LogP contribution is 2.39. The average Bonchev–Trinajstić information content (AvgIpc) is 2.87. The van der Waals surface area contributed by atoms with Crippen LogP contribution in [0.4, 0.5) is 13.2 Å². The van der Waals surface area contributed by atoms with E-state index < -0.39 is 22.4 Å². The maximum atomic E-state index is 13.9. The largest absolute Gasteiger partial charge is 0.409 e. The van der Waals surface area contributed by atoms with Crippen LogP contribution in [0.25, 0.3) is 10.9 Å². The summed E-state index contributed by atoms with van der Waals surface area (Å²) in [4.78, 5) is 0. The zero-order valence-electron chi connectivity index (χ0n) is 17.9. The second-order valence-electron chi connectivity index (χ2n) is 9.08. The molecule has 1 heterocycles. The molecule has 1 atom stereocenters. The maximum Gasteiger partial charge on any atom is 0.409 e. The Kier molecular flexibility index (Phi) is 6.47. The lowest BCUT2D eigenvalue weighted by Gasteiger charge is -2.23. The first-order chi connectivity index (χ1) is 13.0. The normalized spacial score (nSPS) is 14.9. The molecule has 1 N–H and O–H groups in total. The topological polar surface area (TPSA) is 54.3 Å². The van der Waals surface area contributed by atoms with E-state index in [4.69, 9.17) is 0 Å². The molecule has 0 saturated carbocycles. The number of fused-ring (bicyclic) bond motifs is 1. The minimum Gasteiger partial charge on any atom is -0.347 e. The van der Waals surface area contributed by atoms with Crippen molar-refractivity contribution in [2.45, 2.75) is 59.3 Å². The van der Waals surface area contributed by atoms with Gasteiger partial charge in [0, 0.05) is 43.3 Å². The lowest BCUT2D eigenvalue weighted by Crippen LogP contribution is -2.43. The lowest BCUT2D eigenvalue weighted by molar-refractivity contribution is -0.152. The molecule has 1 aromatic heterocycles. The lowest BCUT2D eigenvalue weighted by atomic mass is 9.96. The molecule has 0 fully saturated rings. The Bertz CT molecular complexity index is 971.